The number of phenolic OH excluding ortho intramolecular Hbond substituents is 1. The van der Waals surface area contributed by atoms with Crippen molar-refractivity contribution in [2.24, 2.45) is 5.92 Å². The Morgan fingerprint density at radius 3 is 2.72 bits per heavy atom. The standard InChI is InChI=1S/C16H25NO/c1-3-4-15-9-10-17(12-15)13(2)11-14-5-7-16(18)8-6-14/h5-8,13,15,18H,3-4,9-12H2,1-2H3. The Morgan fingerprint density at radius 1 is 1.33 bits per heavy atom. The van der Waals surface area contributed by atoms with Gasteiger partial charge in [-0.15, -0.1) is 0 Å². The van der Waals surface area contributed by atoms with E-state index in [0.717, 1.165) is 12.3 Å². The molecule has 0 spiro atoms. The van der Waals surface area contributed by atoms with Crippen molar-refractivity contribution in [2.75, 3.05) is 13.1 Å². The second kappa shape index (κ2) is 6.24. The molecule has 1 N–H and O–H groups in total. The van der Waals surface area contributed by atoms with E-state index in [0.29, 0.717) is 11.8 Å². The first-order valence-corrected chi connectivity index (χ1v) is 7.21. The lowest BCUT2D eigenvalue weighted by Gasteiger charge is -2.24. The molecule has 0 radical (unpaired) electrons. The molecule has 0 aliphatic carbocycles. The molecule has 1 aromatic rings. The van der Waals surface area contributed by atoms with E-state index in [1.807, 2.05) is 12.1 Å². The van der Waals surface area contributed by atoms with Gasteiger partial charge in [0.1, 0.15) is 5.75 Å². The molecule has 1 saturated heterocycles. The van der Waals surface area contributed by atoms with Gasteiger partial charge < -0.3 is 10.0 Å². The fraction of sp³-hybridized carbons (Fsp3) is 0.625. The van der Waals surface area contributed by atoms with Gasteiger partial charge in [0, 0.05) is 12.6 Å². The Bertz CT molecular complexity index is 360. The number of hydrogen-bond acceptors (Lipinski definition) is 2. The van der Waals surface area contributed by atoms with E-state index in [1.165, 1.54) is 37.9 Å². The summed E-state index contributed by atoms with van der Waals surface area (Å²) in [6.07, 6.45) is 5.14. The monoisotopic (exact) mass is 247 g/mol. The van der Waals surface area contributed by atoms with Crippen LogP contribution in [0.4, 0.5) is 0 Å². The third-order valence-corrected chi connectivity index (χ3v) is 4.10. The number of phenols is 1. The number of aromatic hydroxyl groups is 1. The third kappa shape index (κ3) is 3.49. The molecule has 1 aromatic carbocycles. The summed E-state index contributed by atoms with van der Waals surface area (Å²) in [6, 6.07) is 8.24. The molecule has 18 heavy (non-hydrogen) atoms. The number of likely N-dealkylation sites (tertiary alicyclic amines) is 1. The summed E-state index contributed by atoms with van der Waals surface area (Å²) in [7, 11) is 0. The maximum atomic E-state index is 9.29. The molecule has 1 fully saturated rings. The predicted octanol–water partition coefficient (Wildman–Crippen LogP) is 3.45. The Balaban J connectivity index is 1.85. The van der Waals surface area contributed by atoms with Gasteiger partial charge in [-0.1, -0.05) is 25.5 Å². The Morgan fingerprint density at radius 2 is 2.06 bits per heavy atom. The van der Waals surface area contributed by atoms with E-state index in [2.05, 4.69) is 18.7 Å². The van der Waals surface area contributed by atoms with Crippen LogP contribution >= 0.6 is 0 Å². The molecular formula is C16H25NO. The van der Waals surface area contributed by atoms with E-state index in [-0.39, 0.29) is 0 Å². The van der Waals surface area contributed by atoms with Crippen LogP contribution in [0, 0.1) is 5.92 Å². The fourth-order valence-corrected chi connectivity index (χ4v) is 3.01. The first kappa shape index (κ1) is 13.4. The lowest BCUT2D eigenvalue weighted by atomic mass is 10.0. The SMILES string of the molecule is CCCC1CCN(C(C)Cc2ccc(O)cc2)C1. The first-order valence-electron chi connectivity index (χ1n) is 7.21. The molecule has 1 heterocycles. The van der Waals surface area contributed by atoms with Crippen molar-refractivity contribution in [3.8, 4) is 5.75 Å². The average molecular weight is 247 g/mol. The van der Waals surface area contributed by atoms with Gasteiger partial charge in [-0.05, 0) is 56.3 Å². The zero-order valence-corrected chi connectivity index (χ0v) is 11.6. The molecule has 0 aromatic heterocycles. The van der Waals surface area contributed by atoms with E-state index in [9.17, 15) is 5.11 Å². The zero-order chi connectivity index (χ0) is 13.0. The Labute approximate surface area is 111 Å². The summed E-state index contributed by atoms with van der Waals surface area (Å²) in [4.78, 5) is 2.62. The molecular weight excluding hydrogens is 222 g/mol. The summed E-state index contributed by atoms with van der Waals surface area (Å²) in [6.45, 7) is 7.13. The van der Waals surface area contributed by atoms with Crippen LogP contribution in [0.25, 0.3) is 0 Å². The molecule has 1 aliphatic rings. The van der Waals surface area contributed by atoms with Crippen LogP contribution in [0.15, 0.2) is 24.3 Å². The van der Waals surface area contributed by atoms with E-state index < -0.39 is 0 Å². The van der Waals surface area contributed by atoms with Crippen molar-refractivity contribution >= 4 is 0 Å². The van der Waals surface area contributed by atoms with E-state index >= 15 is 0 Å². The van der Waals surface area contributed by atoms with E-state index in [4.69, 9.17) is 0 Å². The zero-order valence-electron chi connectivity index (χ0n) is 11.6. The number of benzene rings is 1. The minimum Gasteiger partial charge on any atom is -0.508 e. The Kier molecular flexibility index (Phi) is 4.65. The van der Waals surface area contributed by atoms with Gasteiger partial charge in [0.15, 0.2) is 0 Å². The van der Waals surface area contributed by atoms with Crippen molar-refractivity contribution in [3.63, 3.8) is 0 Å². The Hall–Kier alpha value is -1.02. The molecule has 1 aliphatic heterocycles. The van der Waals surface area contributed by atoms with Gasteiger partial charge in [-0.25, -0.2) is 0 Å². The van der Waals surface area contributed by atoms with Crippen LogP contribution in [0.2, 0.25) is 0 Å². The van der Waals surface area contributed by atoms with Crippen molar-refractivity contribution in [2.45, 2.75) is 45.6 Å². The summed E-state index contributed by atoms with van der Waals surface area (Å²) >= 11 is 0. The lowest BCUT2D eigenvalue weighted by Crippen LogP contribution is -2.32. The van der Waals surface area contributed by atoms with Gasteiger partial charge in [0.25, 0.3) is 0 Å². The highest BCUT2D eigenvalue weighted by Gasteiger charge is 2.25. The number of rotatable bonds is 5. The van der Waals surface area contributed by atoms with Gasteiger partial charge in [-0.2, -0.15) is 0 Å². The highest BCUT2D eigenvalue weighted by Crippen LogP contribution is 2.24. The topological polar surface area (TPSA) is 23.5 Å². The molecule has 0 amide bonds. The minimum absolute atomic E-state index is 0.357. The molecule has 0 saturated carbocycles. The van der Waals surface area contributed by atoms with Gasteiger partial charge in [-0.3, -0.25) is 0 Å². The highest BCUT2D eigenvalue weighted by molar-refractivity contribution is 5.26. The normalized spacial score (nSPS) is 22.2. The molecule has 2 nitrogen and oxygen atoms in total. The molecule has 2 atom stereocenters. The fourth-order valence-electron chi connectivity index (χ4n) is 3.01. The number of nitrogens with zero attached hydrogens (tertiary/aromatic N) is 1. The second-order valence-corrected chi connectivity index (χ2v) is 5.66. The smallest absolute Gasteiger partial charge is 0.115 e. The first-order chi connectivity index (χ1) is 8.69. The second-order valence-electron chi connectivity index (χ2n) is 5.66. The van der Waals surface area contributed by atoms with Crippen LogP contribution in [0.3, 0.4) is 0 Å². The number of hydrogen-bond donors (Lipinski definition) is 1. The molecule has 2 rings (SSSR count). The largest absolute Gasteiger partial charge is 0.508 e. The predicted molar refractivity (Wildman–Crippen MR) is 75.9 cm³/mol. The average Bonchev–Trinajstić information content (AvgIpc) is 2.81. The molecule has 0 bridgehead atoms. The summed E-state index contributed by atoms with van der Waals surface area (Å²) < 4.78 is 0. The van der Waals surface area contributed by atoms with Gasteiger partial charge in [0.2, 0.25) is 0 Å². The van der Waals surface area contributed by atoms with Crippen molar-refractivity contribution < 1.29 is 5.11 Å². The van der Waals surface area contributed by atoms with Crippen LogP contribution in [0.1, 0.15) is 38.7 Å². The molecule has 2 unspecified atom stereocenters. The quantitative estimate of drug-likeness (QED) is 0.861. The van der Waals surface area contributed by atoms with Crippen molar-refractivity contribution in [1.82, 2.24) is 4.90 Å². The van der Waals surface area contributed by atoms with Crippen molar-refractivity contribution in [1.29, 1.82) is 0 Å². The highest BCUT2D eigenvalue weighted by atomic mass is 16.3. The summed E-state index contributed by atoms with van der Waals surface area (Å²) in [5.41, 5.74) is 1.32. The maximum Gasteiger partial charge on any atom is 0.115 e. The third-order valence-electron chi connectivity index (χ3n) is 4.10. The summed E-state index contributed by atoms with van der Waals surface area (Å²) in [5, 5.41) is 9.29. The lowest BCUT2D eigenvalue weighted by molar-refractivity contribution is 0.246. The molecule has 100 valence electrons. The summed E-state index contributed by atoms with van der Waals surface area (Å²) in [5.74, 6) is 1.27. The van der Waals surface area contributed by atoms with Crippen LogP contribution in [-0.2, 0) is 6.42 Å². The van der Waals surface area contributed by atoms with Crippen molar-refractivity contribution in [3.05, 3.63) is 29.8 Å². The van der Waals surface area contributed by atoms with E-state index in [1.54, 1.807) is 12.1 Å². The molecule has 2 heteroatoms. The van der Waals surface area contributed by atoms with Crippen LogP contribution in [-0.4, -0.2) is 29.1 Å². The van der Waals surface area contributed by atoms with Gasteiger partial charge >= 0.3 is 0 Å². The van der Waals surface area contributed by atoms with Gasteiger partial charge in [0.05, 0.1) is 0 Å². The van der Waals surface area contributed by atoms with Crippen LogP contribution in [0.5, 0.6) is 5.75 Å². The minimum atomic E-state index is 0.357. The maximum absolute atomic E-state index is 9.29. The van der Waals surface area contributed by atoms with Crippen LogP contribution < -0.4 is 0 Å².